The third-order valence-electron chi connectivity index (χ3n) is 6.29. The van der Waals surface area contributed by atoms with Gasteiger partial charge in [0.2, 0.25) is 0 Å². The van der Waals surface area contributed by atoms with E-state index in [4.69, 9.17) is 5.10 Å². The molecular formula is C31H30N6O. The summed E-state index contributed by atoms with van der Waals surface area (Å²) in [7, 11) is 3.86. The van der Waals surface area contributed by atoms with Crippen LogP contribution in [0, 0.1) is 6.92 Å². The van der Waals surface area contributed by atoms with Gasteiger partial charge in [-0.05, 0) is 36.2 Å². The van der Waals surface area contributed by atoms with E-state index in [9.17, 15) is 4.79 Å². The van der Waals surface area contributed by atoms with Gasteiger partial charge in [0.15, 0.2) is 0 Å². The minimum absolute atomic E-state index is 0.141. The summed E-state index contributed by atoms with van der Waals surface area (Å²) < 4.78 is 2.02. The molecule has 3 aromatic carbocycles. The number of nitrogens with zero attached hydrogens (tertiary/aromatic N) is 5. The van der Waals surface area contributed by atoms with Gasteiger partial charge < -0.3 is 10.2 Å². The number of carbonyl (C=O) groups is 1. The van der Waals surface area contributed by atoms with Gasteiger partial charge in [-0.1, -0.05) is 72.8 Å². The Morgan fingerprint density at radius 2 is 1.55 bits per heavy atom. The molecule has 0 bridgehead atoms. The summed E-state index contributed by atoms with van der Waals surface area (Å²) in [4.78, 5) is 23.5. The molecule has 5 rings (SSSR count). The zero-order chi connectivity index (χ0) is 26.5. The van der Waals surface area contributed by atoms with Gasteiger partial charge >= 0.3 is 0 Å². The summed E-state index contributed by atoms with van der Waals surface area (Å²) in [6.45, 7) is 2.79. The van der Waals surface area contributed by atoms with E-state index in [1.165, 1.54) is 0 Å². The number of amides is 1. The molecule has 0 aliphatic heterocycles. The molecule has 0 radical (unpaired) electrons. The first-order valence-corrected chi connectivity index (χ1v) is 12.5. The first-order valence-electron chi connectivity index (χ1n) is 12.5. The molecule has 7 nitrogen and oxygen atoms in total. The van der Waals surface area contributed by atoms with Crippen LogP contribution in [0.25, 0.3) is 22.5 Å². The third kappa shape index (κ3) is 5.62. The van der Waals surface area contributed by atoms with Crippen molar-refractivity contribution in [1.82, 2.24) is 25.1 Å². The van der Waals surface area contributed by atoms with Crippen molar-refractivity contribution in [2.24, 2.45) is 0 Å². The fourth-order valence-electron chi connectivity index (χ4n) is 4.34. The molecule has 2 aromatic heterocycles. The van der Waals surface area contributed by atoms with E-state index in [0.29, 0.717) is 24.5 Å². The Morgan fingerprint density at radius 3 is 2.21 bits per heavy atom. The molecule has 0 saturated carbocycles. The number of benzene rings is 3. The molecule has 1 N–H and O–H groups in total. The van der Waals surface area contributed by atoms with Crippen molar-refractivity contribution in [3.63, 3.8) is 0 Å². The number of rotatable bonds is 8. The van der Waals surface area contributed by atoms with Crippen LogP contribution in [0.3, 0.4) is 0 Å². The Labute approximate surface area is 222 Å². The number of carbonyl (C=O) groups excluding carboxylic acids is 1. The van der Waals surface area contributed by atoms with Crippen molar-refractivity contribution in [1.29, 1.82) is 0 Å². The van der Waals surface area contributed by atoms with Crippen molar-refractivity contribution in [2.75, 3.05) is 19.0 Å². The predicted octanol–water partition coefficient (Wildman–Crippen LogP) is 5.36. The minimum atomic E-state index is -0.141. The zero-order valence-corrected chi connectivity index (χ0v) is 21.8. The number of aromatic nitrogens is 4. The van der Waals surface area contributed by atoms with Crippen LogP contribution in [0.4, 0.5) is 5.82 Å². The highest BCUT2D eigenvalue weighted by atomic mass is 16.1. The lowest BCUT2D eigenvalue weighted by molar-refractivity contribution is 0.0951. The normalized spacial score (nSPS) is 10.8. The van der Waals surface area contributed by atoms with E-state index in [1.807, 2.05) is 91.3 Å². The van der Waals surface area contributed by atoms with Crippen LogP contribution >= 0.6 is 0 Å². The number of anilines is 1. The first-order chi connectivity index (χ1) is 18.5. The Balaban J connectivity index is 1.33. The monoisotopic (exact) mass is 502 g/mol. The van der Waals surface area contributed by atoms with Crippen LogP contribution in [0.15, 0.2) is 97.2 Å². The highest BCUT2D eigenvalue weighted by Gasteiger charge is 2.14. The van der Waals surface area contributed by atoms with Gasteiger partial charge in [0.25, 0.3) is 5.91 Å². The van der Waals surface area contributed by atoms with Gasteiger partial charge in [-0.15, -0.1) is 0 Å². The van der Waals surface area contributed by atoms with Crippen molar-refractivity contribution in [3.05, 3.63) is 120 Å². The van der Waals surface area contributed by atoms with E-state index in [2.05, 4.69) is 45.6 Å². The van der Waals surface area contributed by atoms with Crippen molar-refractivity contribution >= 4 is 11.7 Å². The lowest BCUT2D eigenvalue weighted by Gasteiger charge is -2.16. The largest absolute Gasteiger partial charge is 0.362 e. The summed E-state index contributed by atoms with van der Waals surface area (Å²) in [5, 5.41) is 7.91. The van der Waals surface area contributed by atoms with Crippen LogP contribution in [-0.4, -0.2) is 39.8 Å². The Kier molecular flexibility index (Phi) is 7.26. The lowest BCUT2D eigenvalue weighted by Crippen LogP contribution is -2.25. The maximum atomic E-state index is 12.9. The van der Waals surface area contributed by atoms with Gasteiger partial charge in [0.05, 0.1) is 17.9 Å². The van der Waals surface area contributed by atoms with E-state index in [-0.39, 0.29) is 5.91 Å². The van der Waals surface area contributed by atoms with Crippen molar-refractivity contribution in [2.45, 2.75) is 20.0 Å². The highest BCUT2D eigenvalue weighted by Crippen LogP contribution is 2.27. The number of nitrogens with one attached hydrogen (secondary N) is 1. The van der Waals surface area contributed by atoms with Gasteiger partial charge in [0, 0.05) is 43.5 Å². The van der Waals surface area contributed by atoms with Crippen LogP contribution in [0.5, 0.6) is 0 Å². The fraction of sp³-hybridized carbons (Fsp3) is 0.161. The molecule has 190 valence electrons. The van der Waals surface area contributed by atoms with Crippen LogP contribution in [-0.2, 0) is 13.1 Å². The average molecular weight is 503 g/mol. The number of hydrogen-bond acceptors (Lipinski definition) is 5. The van der Waals surface area contributed by atoms with Crippen LogP contribution in [0.2, 0.25) is 0 Å². The zero-order valence-electron chi connectivity index (χ0n) is 21.8. The predicted molar refractivity (Wildman–Crippen MR) is 151 cm³/mol. The van der Waals surface area contributed by atoms with E-state index >= 15 is 0 Å². The molecule has 0 unspecified atom stereocenters. The van der Waals surface area contributed by atoms with Gasteiger partial charge in [0.1, 0.15) is 11.6 Å². The van der Waals surface area contributed by atoms with Crippen molar-refractivity contribution < 1.29 is 4.79 Å². The fourth-order valence-corrected chi connectivity index (χ4v) is 4.34. The number of hydrogen-bond donors (Lipinski definition) is 1. The molecular weight excluding hydrogens is 472 g/mol. The van der Waals surface area contributed by atoms with Crippen molar-refractivity contribution in [3.8, 4) is 22.5 Å². The summed E-state index contributed by atoms with van der Waals surface area (Å²) in [6, 6.07) is 30.3. The summed E-state index contributed by atoms with van der Waals surface area (Å²) >= 11 is 0. The van der Waals surface area contributed by atoms with Crippen LogP contribution in [0.1, 0.15) is 27.3 Å². The van der Waals surface area contributed by atoms with Gasteiger partial charge in [-0.2, -0.15) is 5.10 Å². The smallest absolute Gasteiger partial charge is 0.251 e. The molecule has 0 atom stereocenters. The quantitative estimate of drug-likeness (QED) is 0.309. The molecule has 0 aliphatic rings. The molecule has 2 heterocycles. The molecule has 0 spiro atoms. The standard InChI is InChI=1S/C31H30N6O/c1-22-32-19-27(30(34-22)36(2)3)20-33-31(38)26-16-14-23(15-17-26)21-37-29(25-12-8-5-9-13-25)18-28(35-37)24-10-6-4-7-11-24/h4-19H,20-21H2,1-3H3,(H,33,38). The molecule has 5 aromatic rings. The molecule has 0 saturated heterocycles. The highest BCUT2D eigenvalue weighted by molar-refractivity contribution is 5.94. The summed E-state index contributed by atoms with van der Waals surface area (Å²) in [5.74, 6) is 1.36. The second-order valence-corrected chi connectivity index (χ2v) is 9.34. The van der Waals surface area contributed by atoms with E-state index in [0.717, 1.165) is 39.5 Å². The van der Waals surface area contributed by atoms with Gasteiger partial charge in [-0.3, -0.25) is 9.48 Å². The second kappa shape index (κ2) is 11.1. The number of aryl methyl sites for hydroxylation is 1. The molecule has 1 amide bonds. The average Bonchev–Trinajstić information content (AvgIpc) is 3.37. The maximum Gasteiger partial charge on any atom is 0.251 e. The summed E-state index contributed by atoms with van der Waals surface area (Å²) in [6.07, 6.45) is 1.76. The summed E-state index contributed by atoms with van der Waals surface area (Å²) in [5.41, 5.74) is 6.68. The topological polar surface area (TPSA) is 75.9 Å². The van der Waals surface area contributed by atoms with E-state index < -0.39 is 0 Å². The third-order valence-corrected chi connectivity index (χ3v) is 6.29. The first kappa shape index (κ1) is 24.9. The maximum absolute atomic E-state index is 12.9. The molecule has 38 heavy (non-hydrogen) atoms. The molecule has 7 heteroatoms. The molecule has 0 fully saturated rings. The van der Waals surface area contributed by atoms with Crippen LogP contribution < -0.4 is 10.2 Å². The Morgan fingerprint density at radius 1 is 0.895 bits per heavy atom. The van der Waals surface area contributed by atoms with E-state index in [1.54, 1.807) is 6.20 Å². The molecule has 0 aliphatic carbocycles. The SMILES string of the molecule is Cc1ncc(CNC(=O)c2ccc(Cn3nc(-c4ccccc4)cc3-c3ccccc3)cc2)c(N(C)C)n1. The Hall–Kier alpha value is -4.78. The lowest BCUT2D eigenvalue weighted by atomic mass is 10.1. The minimum Gasteiger partial charge on any atom is -0.362 e. The van der Waals surface area contributed by atoms with Gasteiger partial charge in [-0.25, -0.2) is 9.97 Å². The Bertz CT molecular complexity index is 1530. The second-order valence-electron chi connectivity index (χ2n) is 9.34.